The van der Waals surface area contributed by atoms with Crippen LogP contribution in [0.2, 0.25) is 0 Å². The summed E-state index contributed by atoms with van der Waals surface area (Å²) in [4.78, 5) is 20.1. The molecule has 0 aliphatic carbocycles. The van der Waals surface area contributed by atoms with Gasteiger partial charge in [-0.25, -0.2) is 4.98 Å². The Labute approximate surface area is 183 Å². The number of rotatable bonds is 7. The molecular formula is C22H24BrN3O2S. The SMILES string of the molecule is O=C(Cc1ccc(CO)cc1)c1cc(Br)cn1Cc1csc(N2CCCCC2)n1. The predicted octanol–water partition coefficient (Wildman–Crippen LogP) is 4.66. The van der Waals surface area contributed by atoms with Crippen molar-refractivity contribution in [1.82, 2.24) is 9.55 Å². The second kappa shape index (κ2) is 9.24. The van der Waals surface area contributed by atoms with Gasteiger partial charge in [0.05, 0.1) is 24.5 Å². The molecule has 5 nitrogen and oxygen atoms in total. The van der Waals surface area contributed by atoms with Crippen molar-refractivity contribution in [3.8, 4) is 0 Å². The number of nitrogens with zero attached hydrogens (tertiary/aromatic N) is 3. The van der Waals surface area contributed by atoms with Crippen molar-refractivity contribution in [2.75, 3.05) is 18.0 Å². The number of aliphatic hydroxyl groups is 1. The molecule has 2 aromatic heterocycles. The third-order valence-corrected chi connectivity index (χ3v) is 6.60. The van der Waals surface area contributed by atoms with Crippen molar-refractivity contribution in [1.29, 1.82) is 0 Å². The van der Waals surface area contributed by atoms with Crippen LogP contribution in [0.1, 0.15) is 46.6 Å². The van der Waals surface area contributed by atoms with Gasteiger partial charge in [-0.2, -0.15) is 0 Å². The molecule has 4 rings (SSSR count). The zero-order valence-electron chi connectivity index (χ0n) is 16.2. The number of benzene rings is 1. The van der Waals surface area contributed by atoms with Gasteiger partial charge >= 0.3 is 0 Å². The maximum absolute atomic E-state index is 12.9. The van der Waals surface area contributed by atoms with Gasteiger partial charge in [0.2, 0.25) is 0 Å². The van der Waals surface area contributed by atoms with Crippen molar-refractivity contribution in [3.05, 3.63) is 68.9 Å². The van der Waals surface area contributed by atoms with Crippen LogP contribution in [0, 0.1) is 0 Å². The highest BCUT2D eigenvalue weighted by Crippen LogP contribution is 2.25. The number of anilines is 1. The first-order valence-electron chi connectivity index (χ1n) is 9.89. The molecule has 3 heterocycles. The highest BCUT2D eigenvalue weighted by atomic mass is 79.9. The molecule has 1 fully saturated rings. The number of halogens is 1. The van der Waals surface area contributed by atoms with Gasteiger partial charge in [-0.3, -0.25) is 4.79 Å². The number of hydrogen-bond acceptors (Lipinski definition) is 5. The normalized spacial score (nSPS) is 14.3. The average molecular weight is 474 g/mol. The van der Waals surface area contributed by atoms with E-state index in [2.05, 4.69) is 26.2 Å². The quantitative estimate of drug-likeness (QED) is 0.506. The summed E-state index contributed by atoms with van der Waals surface area (Å²) in [6.45, 7) is 2.76. The monoisotopic (exact) mass is 473 g/mol. The Kier molecular flexibility index (Phi) is 6.47. The Morgan fingerprint density at radius 1 is 1.14 bits per heavy atom. The summed E-state index contributed by atoms with van der Waals surface area (Å²) < 4.78 is 2.87. The lowest BCUT2D eigenvalue weighted by atomic mass is 10.1. The van der Waals surface area contributed by atoms with Crippen LogP contribution in [-0.2, 0) is 19.6 Å². The van der Waals surface area contributed by atoms with E-state index in [1.54, 1.807) is 11.3 Å². The Morgan fingerprint density at radius 2 is 1.86 bits per heavy atom. The third kappa shape index (κ3) is 4.97. The lowest BCUT2D eigenvalue weighted by Crippen LogP contribution is -2.29. The van der Waals surface area contributed by atoms with E-state index >= 15 is 0 Å². The van der Waals surface area contributed by atoms with Crippen LogP contribution in [0.5, 0.6) is 0 Å². The minimum Gasteiger partial charge on any atom is -0.392 e. The van der Waals surface area contributed by atoms with Crippen molar-refractivity contribution in [2.24, 2.45) is 0 Å². The van der Waals surface area contributed by atoms with Crippen molar-refractivity contribution in [2.45, 2.75) is 38.8 Å². The average Bonchev–Trinajstić information content (AvgIpc) is 3.36. The summed E-state index contributed by atoms with van der Waals surface area (Å²) in [7, 11) is 0. The fraction of sp³-hybridized carbons (Fsp3) is 0.364. The molecular weight excluding hydrogens is 450 g/mol. The molecule has 1 aromatic carbocycles. The zero-order valence-corrected chi connectivity index (χ0v) is 18.6. The first-order chi connectivity index (χ1) is 14.1. The summed E-state index contributed by atoms with van der Waals surface area (Å²) in [6, 6.07) is 9.39. The molecule has 0 spiro atoms. The van der Waals surface area contributed by atoms with Gasteiger partial charge in [0.15, 0.2) is 10.9 Å². The number of thiazole rings is 1. The van der Waals surface area contributed by atoms with Crippen LogP contribution in [0.25, 0.3) is 0 Å². The first-order valence-corrected chi connectivity index (χ1v) is 11.6. The highest BCUT2D eigenvalue weighted by Gasteiger charge is 2.17. The Hall–Kier alpha value is -1.96. The highest BCUT2D eigenvalue weighted by molar-refractivity contribution is 9.10. The molecule has 0 bridgehead atoms. The van der Waals surface area contributed by atoms with E-state index < -0.39 is 0 Å². The third-order valence-electron chi connectivity index (χ3n) is 5.22. The number of Topliss-reactive ketones (excluding diaryl/α,β-unsaturated/α-hetero) is 1. The molecule has 1 saturated heterocycles. The van der Waals surface area contributed by atoms with Gasteiger partial charge in [0, 0.05) is 35.6 Å². The van der Waals surface area contributed by atoms with Crippen LogP contribution in [-0.4, -0.2) is 33.5 Å². The van der Waals surface area contributed by atoms with Crippen LogP contribution in [0.4, 0.5) is 5.13 Å². The van der Waals surface area contributed by atoms with Gasteiger partial charge in [-0.1, -0.05) is 24.3 Å². The lowest BCUT2D eigenvalue weighted by molar-refractivity contribution is 0.0984. The summed E-state index contributed by atoms with van der Waals surface area (Å²) in [6.07, 6.45) is 6.05. The molecule has 29 heavy (non-hydrogen) atoms. The van der Waals surface area contributed by atoms with Crippen molar-refractivity contribution < 1.29 is 9.90 Å². The first kappa shape index (κ1) is 20.3. The number of ketones is 1. The maximum atomic E-state index is 12.9. The van der Waals surface area contributed by atoms with Gasteiger partial charge in [-0.15, -0.1) is 11.3 Å². The molecule has 0 amide bonds. The molecule has 0 atom stereocenters. The molecule has 1 aliphatic rings. The number of carbonyl (C=O) groups excluding carboxylic acids is 1. The fourth-order valence-corrected chi connectivity index (χ4v) is 4.99. The lowest BCUT2D eigenvalue weighted by Gasteiger charge is -2.25. The molecule has 7 heteroatoms. The van der Waals surface area contributed by atoms with Crippen LogP contribution < -0.4 is 4.90 Å². The Bertz CT molecular complexity index is 974. The topological polar surface area (TPSA) is 58.4 Å². The molecule has 0 radical (unpaired) electrons. The van der Waals surface area contributed by atoms with E-state index in [4.69, 9.17) is 10.1 Å². The minimum absolute atomic E-state index is 0.0110. The maximum Gasteiger partial charge on any atom is 0.185 e. The molecule has 152 valence electrons. The van der Waals surface area contributed by atoms with E-state index in [9.17, 15) is 4.79 Å². The summed E-state index contributed by atoms with van der Waals surface area (Å²) in [5, 5.41) is 12.4. The molecule has 0 unspecified atom stereocenters. The van der Waals surface area contributed by atoms with Crippen LogP contribution in [0.3, 0.4) is 0 Å². The smallest absolute Gasteiger partial charge is 0.185 e. The van der Waals surface area contributed by atoms with Gasteiger partial charge in [0.25, 0.3) is 0 Å². The predicted molar refractivity (Wildman–Crippen MR) is 120 cm³/mol. The number of aromatic nitrogens is 2. The Balaban J connectivity index is 1.47. The number of aliphatic hydroxyl groups excluding tert-OH is 1. The van der Waals surface area contributed by atoms with Crippen molar-refractivity contribution >= 4 is 38.2 Å². The van der Waals surface area contributed by atoms with Crippen LogP contribution >= 0.6 is 27.3 Å². The van der Waals surface area contributed by atoms with Crippen molar-refractivity contribution in [3.63, 3.8) is 0 Å². The fourth-order valence-electron chi connectivity index (χ4n) is 3.65. The zero-order chi connectivity index (χ0) is 20.2. The number of carbonyl (C=O) groups is 1. The summed E-state index contributed by atoms with van der Waals surface area (Å²) >= 11 is 5.20. The van der Waals surface area contributed by atoms with Gasteiger partial charge < -0.3 is 14.6 Å². The molecule has 3 aromatic rings. The molecule has 0 saturated carbocycles. The second-order valence-corrected chi connectivity index (χ2v) is 9.17. The second-order valence-electron chi connectivity index (χ2n) is 7.42. The standard InChI is InChI=1S/C22H24BrN3O2S/c23-18-11-20(21(28)10-16-4-6-17(14-27)7-5-16)26(12-18)13-19-15-29-22(24-19)25-8-2-1-3-9-25/h4-7,11-12,15,27H,1-3,8-10,13-14H2. The van der Waals surface area contributed by atoms with E-state index in [0.29, 0.717) is 18.7 Å². The van der Waals surface area contributed by atoms with Gasteiger partial charge in [-0.05, 0) is 52.4 Å². The molecule has 1 N–H and O–H groups in total. The van der Waals surface area contributed by atoms with E-state index in [1.165, 1.54) is 19.3 Å². The Morgan fingerprint density at radius 3 is 2.59 bits per heavy atom. The molecule has 1 aliphatic heterocycles. The largest absolute Gasteiger partial charge is 0.392 e. The number of piperidine rings is 1. The minimum atomic E-state index is 0.0110. The van der Waals surface area contributed by atoms with E-state index in [-0.39, 0.29) is 12.4 Å². The van der Waals surface area contributed by atoms with Gasteiger partial charge in [0.1, 0.15) is 0 Å². The van der Waals surface area contributed by atoms with E-state index in [1.807, 2.05) is 41.1 Å². The summed E-state index contributed by atoms with van der Waals surface area (Å²) in [5.41, 5.74) is 3.45. The van der Waals surface area contributed by atoms with Crippen LogP contribution in [0.15, 0.2) is 46.4 Å². The van der Waals surface area contributed by atoms with E-state index in [0.717, 1.165) is 39.5 Å². The number of hydrogen-bond donors (Lipinski definition) is 1. The summed E-state index contributed by atoms with van der Waals surface area (Å²) in [5.74, 6) is 0.0685.